The molecule has 7 nitrogen and oxygen atoms in total. The Kier molecular flexibility index (Phi) is 9.94. The third-order valence-corrected chi connectivity index (χ3v) is 7.03. The Labute approximate surface area is 208 Å². The number of amides is 2. The largest absolute Gasteiger partial charge is 0.354 e. The molecule has 2 rings (SSSR count). The average molecular weight is 508 g/mol. The molecule has 0 bridgehead atoms. The molecule has 1 N–H and O–H groups in total. The van der Waals surface area contributed by atoms with E-state index in [1.165, 1.54) is 4.90 Å². The lowest BCUT2D eigenvalue weighted by molar-refractivity contribution is -0.140. The van der Waals surface area contributed by atoms with Crippen LogP contribution in [0.1, 0.15) is 43.4 Å². The average Bonchev–Trinajstić information content (AvgIpc) is 2.76. The Morgan fingerprint density at radius 2 is 1.76 bits per heavy atom. The van der Waals surface area contributed by atoms with Gasteiger partial charge in [-0.05, 0) is 49.9 Å². The first kappa shape index (κ1) is 27.7. The van der Waals surface area contributed by atoms with Crippen molar-refractivity contribution in [3.8, 4) is 0 Å². The van der Waals surface area contributed by atoms with Crippen molar-refractivity contribution in [1.82, 2.24) is 10.2 Å². The summed E-state index contributed by atoms with van der Waals surface area (Å²) in [6, 6.07) is 11.7. The number of hydrogen-bond donors (Lipinski definition) is 1. The number of anilines is 1. The number of nitrogens with one attached hydrogen (secondary N) is 1. The van der Waals surface area contributed by atoms with Gasteiger partial charge in [0.1, 0.15) is 12.6 Å². The van der Waals surface area contributed by atoms with Crippen LogP contribution in [0.15, 0.2) is 42.5 Å². The molecule has 2 aromatic rings. The summed E-state index contributed by atoms with van der Waals surface area (Å²) in [5.74, 6) is -0.758. The summed E-state index contributed by atoms with van der Waals surface area (Å²) in [4.78, 5) is 28.0. The van der Waals surface area contributed by atoms with E-state index < -0.39 is 28.5 Å². The third-order valence-electron chi connectivity index (χ3n) is 5.53. The van der Waals surface area contributed by atoms with Crippen molar-refractivity contribution in [3.05, 3.63) is 64.2 Å². The molecule has 0 aliphatic heterocycles. The van der Waals surface area contributed by atoms with Gasteiger partial charge in [0.2, 0.25) is 21.8 Å². The van der Waals surface area contributed by atoms with Crippen LogP contribution in [0.5, 0.6) is 0 Å². The monoisotopic (exact) mass is 507 g/mol. The first-order valence-electron chi connectivity index (χ1n) is 11.3. The van der Waals surface area contributed by atoms with E-state index in [-0.39, 0.29) is 12.5 Å². The smallest absolute Gasteiger partial charge is 0.244 e. The lowest BCUT2D eigenvalue weighted by atomic mass is 10.1. The minimum absolute atomic E-state index is 0.0844. The number of carbonyl (C=O) groups is 2. The molecule has 2 aromatic carbocycles. The van der Waals surface area contributed by atoms with Crippen molar-refractivity contribution in [2.75, 3.05) is 23.7 Å². The molecular weight excluding hydrogens is 474 g/mol. The summed E-state index contributed by atoms with van der Waals surface area (Å²) in [6.45, 7) is 7.63. The maximum atomic E-state index is 13.6. The number of halogens is 1. The van der Waals surface area contributed by atoms with Crippen LogP contribution in [0.25, 0.3) is 0 Å². The highest BCUT2D eigenvalue weighted by molar-refractivity contribution is 7.92. The molecule has 0 saturated heterocycles. The first-order valence-corrected chi connectivity index (χ1v) is 13.6. The Morgan fingerprint density at radius 3 is 2.32 bits per heavy atom. The second-order valence-electron chi connectivity index (χ2n) is 8.39. The summed E-state index contributed by atoms with van der Waals surface area (Å²) in [6.07, 6.45) is 2.20. The predicted molar refractivity (Wildman–Crippen MR) is 137 cm³/mol. The van der Waals surface area contributed by atoms with Crippen LogP contribution in [0.3, 0.4) is 0 Å². The van der Waals surface area contributed by atoms with Gasteiger partial charge in [0.05, 0.1) is 11.9 Å². The van der Waals surface area contributed by atoms with Gasteiger partial charge in [-0.15, -0.1) is 0 Å². The second kappa shape index (κ2) is 12.2. The van der Waals surface area contributed by atoms with E-state index in [2.05, 4.69) is 5.32 Å². The topological polar surface area (TPSA) is 86.8 Å². The lowest BCUT2D eigenvalue weighted by Gasteiger charge is -2.33. The van der Waals surface area contributed by atoms with Crippen molar-refractivity contribution >= 4 is 39.1 Å². The number of hydrogen-bond acceptors (Lipinski definition) is 4. The molecule has 34 heavy (non-hydrogen) atoms. The lowest BCUT2D eigenvalue weighted by Crippen LogP contribution is -2.52. The summed E-state index contributed by atoms with van der Waals surface area (Å²) in [7, 11) is -3.77. The van der Waals surface area contributed by atoms with E-state index >= 15 is 0 Å². The molecule has 1 atom stereocenters. The summed E-state index contributed by atoms with van der Waals surface area (Å²) in [5.41, 5.74) is 2.84. The minimum atomic E-state index is -3.77. The molecule has 0 aliphatic carbocycles. The number of nitrogens with zero attached hydrogens (tertiary/aromatic N) is 2. The Hall–Kier alpha value is -2.58. The highest BCUT2D eigenvalue weighted by Crippen LogP contribution is 2.25. The summed E-state index contributed by atoms with van der Waals surface area (Å²) >= 11 is 6.35. The van der Waals surface area contributed by atoms with Gasteiger partial charge in [-0.1, -0.05) is 61.3 Å². The van der Waals surface area contributed by atoms with E-state index in [0.29, 0.717) is 29.2 Å². The molecule has 0 spiro atoms. The number of carbonyl (C=O) groups excluding carboxylic acids is 2. The van der Waals surface area contributed by atoms with Crippen molar-refractivity contribution < 1.29 is 18.0 Å². The zero-order valence-electron chi connectivity index (χ0n) is 20.5. The Balaban J connectivity index is 2.47. The van der Waals surface area contributed by atoms with Crippen LogP contribution in [0.4, 0.5) is 5.69 Å². The SMILES string of the molecule is CCCNC(=O)[C@H](CC)N(Cc1ccccc1Cl)C(=O)CN(c1ccc(C)cc1C)S(C)(=O)=O. The predicted octanol–water partition coefficient (Wildman–Crippen LogP) is 4.06. The van der Waals surface area contributed by atoms with Crippen LogP contribution in [0.2, 0.25) is 5.02 Å². The maximum Gasteiger partial charge on any atom is 0.244 e. The van der Waals surface area contributed by atoms with E-state index in [1.54, 1.807) is 43.3 Å². The van der Waals surface area contributed by atoms with Crippen LogP contribution in [-0.2, 0) is 26.2 Å². The first-order chi connectivity index (χ1) is 16.0. The zero-order chi connectivity index (χ0) is 25.5. The van der Waals surface area contributed by atoms with Gasteiger partial charge in [-0.2, -0.15) is 0 Å². The molecule has 0 fully saturated rings. The van der Waals surface area contributed by atoms with Gasteiger partial charge < -0.3 is 10.2 Å². The van der Waals surface area contributed by atoms with Crippen molar-refractivity contribution in [2.24, 2.45) is 0 Å². The number of sulfonamides is 1. The zero-order valence-corrected chi connectivity index (χ0v) is 22.0. The molecule has 9 heteroatoms. The van der Waals surface area contributed by atoms with Crippen LogP contribution >= 0.6 is 11.6 Å². The number of rotatable bonds is 11. The fourth-order valence-corrected chi connectivity index (χ4v) is 4.88. The van der Waals surface area contributed by atoms with Crippen LogP contribution in [0, 0.1) is 13.8 Å². The molecule has 0 heterocycles. The standard InChI is InChI=1S/C25H34ClN3O4S/c1-6-14-27-25(31)22(7-2)28(16-20-10-8-9-11-21(20)26)24(30)17-29(34(5,32)33)23-13-12-18(3)15-19(23)4/h8-13,15,22H,6-7,14,16-17H2,1-5H3,(H,27,31)/t22-/m0/s1. The van der Waals surface area contributed by atoms with Gasteiger partial charge >= 0.3 is 0 Å². The molecule has 0 aromatic heterocycles. The normalized spacial score (nSPS) is 12.2. The second-order valence-corrected chi connectivity index (χ2v) is 10.7. The molecule has 0 unspecified atom stereocenters. The maximum absolute atomic E-state index is 13.6. The molecule has 0 aliphatic rings. The fourth-order valence-electron chi connectivity index (χ4n) is 3.78. The minimum Gasteiger partial charge on any atom is -0.354 e. The van der Waals surface area contributed by atoms with Gasteiger partial charge in [0, 0.05) is 18.1 Å². The van der Waals surface area contributed by atoms with Gasteiger partial charge in [0.15, 0.2) is 0 Å². The molecular formula is C25H34ClN3O4S. The van der Waals surface area contributed by atoms with Crippen molar-refractivity contribution in [1.29, 1.82) is 0 Å². The third kappa shape index (κ3) is 7.21. The Bertz CT molecular complexity index is 1120. The number of benzene rings is 2. The van der Waals surface area contributed by atoms with E-state index in [9.17, 15) is 18.0 Å². The highest BCUT2D eigenvalue weighted by Gasteiger charge is 2.32. The van der Waals surface area contributed by atoms with Crippen LogP contribution in [-0.4, -0.2) is 50.5 Å². The quantitative estimate of drug-likeness (QED) is 0.497. The molecule has 0 radical (unpaired) electrons. The van der Waals surface area contributed by atoms with E-state index in [4.69, 9.17) is 11.6 Å². The van der Waals surface area contributed by atoms with E-state index in [1.807, 2.05) is 26.8 Å². The molecule has 0 saturated carbocycles. The van der Waals surface area contributed by atoms with Crippen molar-refractivity contribution in [3.63, 3.8) is 0 Å². The van der Waals surface area contributed by atoms with E-state index in [0.717, 1.165) is 28.1 Å². The summed E-state index contributed by atoms with van der Waals surface area (Å²) < 4.78 is 26.5. The fraction of sp³-hybridized carbons (Fsp3) is 0.440. The molecule has 2 amide bonds. The van der Waals surface area contributed by atoms with Gasteiger partial charge in [-0.25, -0.2) is 8.42 Å². The van der Waals surface area contributed by atoms with Gasteiger partial charge in [0.25, 0.3) is 0 Å². The number of aryl methyl sites for hydroxylation is 2. The molecule has 186 valence electrons. The summed E-state index contributed by atoms with van der Waals surface area (Å²) in [5, 5.41) is 3.32. The van der Waals surface area contributed by atoms with Crippen molar-refractivity contribution in [2.45, 2.75) is 53.1 Å². The Morgan fingerprint density at radius 1 is 1.09 bits per heavy atom. The van der Waals surface area contributed by atoms with Crippen LogP contribution < -0.4 is 9.62 Å². The van der Waals surface area contributed by atoms with Gasteiger partial charge in [-0.3, -0.25) is 13.9 Å². The highest BCUT2D eigenvalue weighted by atomic mass is 35.5.